The van der Waals surface area contributed by atoms with Crippen molar-refractivity contribution in [2.75, 3.05) is 4.72 Å². The van der Waals surface area contributed by atoms with E-state index in [1.165, 1.54) is 18.5 Å². The second-order valence-corrected chi connectivity index (χ2v) is 6.06. The number of aromatic nitrogens is 2. The lowest BCUT2D eigenvalue weighted by Gasteiger charge is -2.09. The van der Waals surface area contributed by atoms with Crippen LogP contribution in [0.1, 0.15) is 0 Å². The van der Waals surface area contributed by atoms with Gasteiger partial charge in [-0.2, -0.15) is 0 Å². The lowest BCUT2D eigenvalue weighted by atomic mass is 10.4. The summed E-state index contributed by atoms with van der Waals surface area (Å²) in [5.74, 6) is 0. The van der Waals surface area contributed by atoms with Crippen LogP contribution in [0.5, 0.6) is 0 Å². The quantitative estimate of drug-likeness (QED) is 0.866. The minimum Gasteiger partial charge on any atom is -0.277 e. The summed E-state index contributed by atoms with van der Waals surface area (Å²) in [7, 11) is -3.78. The Morgan fingerprint density at radius 1 is 1.28 bits per heavy atom. The molecule has 0 atom stereocenters. The fraction of sp³-hybridized carbons (Fsp3) is 0. The fourth-order valence-electron chi connectivity index (χ4n) is 1.22. The molecule has 0 aliphatic rings. The van der Waals surface area contributed by atoms with Gasteiger partial charge in [-0.3, -0.25) is 9.71 Å². The summed E-state index contributed by atoms with van der Waals surface area (Å²) in [6.07, 6.45) is 4.15. The molecular formula is C10H7BrClN3O2S. The predicted octanol–water partition coefficient (Wildman–Crippen LogP) is 2.69. The number of halogens is 2. The first-order chi connectivity index (χ1) is 8.50. The second-order valence-electron chi connectivity index (χ2n) is 3.25. The highest BCUT2D eigenvalue weighted by Gasteiger charge is 2.19. The van der Waals surface area contributed by atoms with Crippen molar-refractivity contribution in [1.82, 2.24) is 9.97 Å². The van der Waals surface area contributed by atoms with Gasteiger partial charge < -0.3 is 0 Å². The highest BCUT2D eigenvalue weighted by atomic mass is 79.9. The van der Waals surface area contributed by atoms with Gasteiger partial charge in [-0.25, -0.2) is 13.4 Å². The van der Waals surface area contributed by atoms with Gasteiger partial charge in [0.25, 0.3) is 10.0 Å². The molecule has 2 aromatic rings. The molecule has 0 saturated carbocycles. The van der Waals surface area contributed by atoms with Crippen LogP contribution in [0.4, 0.5) is 5.69 Å². The Balaban J connectivity index is 2.40. The Morgan fingerprint density at radius 3 is 2.72 bits per heavy atom. The van der Waals surface area contributed by atoms with Crippen molar-refractivity contribution in [3.05, 3.63) is 46.4 Å². The SMILES string of the molecule is O=S(=O)(Nc1cccnc1Br)c1cnccc1Cl. The molecule has 2 aromatic heterocycles. The fourth-order valence-corrected chi connectivity index (χ4v) is 3.20. The maximum Gasteiger partial charge on any atom is 0.265 e. The molecule has 0 fully saturated rings. The molecule has 18 heavy (non-hydrogen) atoms. The minimum absolute atomic E-state index is 0.0811. The summed E-state index contributed by atoms with van der Waals surface area (Å²) in [6, 6.07) is 4.61. The molecule has 2 heterocycles. The van der Waals surface area contributed by atoms with Crippen molar-refractivity contribution in [1.29, 1.82) is 0 Å². The van der Waals surface area contributed by atoms with Crippen LogP contribution in [0, 0.1) is 0 Å². The molecular weight excluding hydrogens is 342 g/mol. The van der Waals surface area contributed by atoms with Crippen LogP contribution in [0.2, 0.25) is 5.02 Å². The zero-order valence-electron chi connectivity index (χ0n) is 8.84. The predicted molar refractivity (Wildman–Crippen MR) is 72.0 cm³/mol. The first-order valence-corrected chi connectivity index (χ1v) is 7.39. The number of nitrogens with one attached hydrogen (secondary N) is 1. The summed E-state index contributed by atoms with van der Waals surface area (Å²) < 4.78 is 27.0. The standard InChI is InChI=1S/C10H7BrClN3O2S/c11-10-8(2-1-4-14-10)15-18(16,17)9-6-13-5-3-7(9)12/h1-6,15H. The van der Waals surface area contributed by atoms with Gasteiger partial charge in [-0.05, 0) is 34.1 Å². The maximum absolute atomic E-state index is 12.1. The van der Waals surface area contributed by atoms with Crippen LogP contribution < -0.4 is 4.72 Å². The molecule has 0 radical (unpaired) electrons. The molecule has 0 bridgehead atoms. The van der Waals surface area contributed by atoms with E-state index in [-0.39, 0.29) is 9.92 Å². The molecule has 2 rings (SSSR count). The third kappa shape index (κ3) is 2.80. The summed E-state index contributed by atoms with van der Waals surface area (Å²) in [4.78, 5) is 7.58. The first-order valence-electron chi connectivity index (χ1n) is 4.73. The van der Waals surface area contributed by atoms with Crippen LogP contribution >= 0.6 is 27.5 Å². The van der Waals surface area contributed by atoms with Crippen molar-refractivity contribution in [2.45, 2.75) is 4.90 Å². The Hall–Kier alpha value is -1.18. The average Bonchev–Trinajstić information content (AvgIpc) is 2.32. The number of hydrogen-bond donors (Lipinski definition) is 1. The lowest BCUT2D eigenvalue weighted by Crippen LogP contribution is -2.14. The maximum atomic E-state index is 12.1. The Morgan fingerprint density at radius 2 is 2.06 bits per heavy atom. The first kappa shape index (κ1) is 13.3. The Kier molecular flexibility index (Phi) is 3.84. The number of nitrogens with zero attached hydrogens (tertiary/aromatic N) is 2. The highest BCUT2D eigenvalue weighted by Crippen LogP contribution is 2.25. The average molecular weight is 349 g/mol. The van der Waals surface area contributed by atoms with E-state index in [4.69, 9.17) is 11.6 Å². The van der Waals surface area contributed by atoms with Crippen molar-refractivity contribution in [3.8, 4) is 0 Å². The van der Waals surface area contributed by atoms with E-state index in [0.29, 0.717) is 10.3 Å². The van der Waals surface area contributed by atoms with Crippen molar-refractivity contribution in [2.24, 2.45) is 0 Å². The number of pyridine rings is 2. The molecule has 8 heteroatoms. The Labute approximate surface area is 117 Å². The van der Waals surface area contributed by atoms with Crippen LogP contribution in [0.3, 0.4) is 0 Å². The van der Waals surface area contributed by atoms with Crippen LogP contribution in [-0.2, 0) is 10.0 Å². The molecule has 5 nitrogen and oxygen atoms in total. The molecule has 0 aromatic carbocycles. The van der Waals surface area contributed by atoms with Crippen molar-refractivity contribution in [3.63, 3.8) is 0 Å². The smallest absolute Gasteiger partial charge is 0.265 e. The van der Waals surface area contributed by atoms with Gasteiger partial charge >= 0.3 is 0 Å². The zero-order valence-corrected chi connectivity index (χ0v) is 12.0. The molecule has 0 amide bonds. The van der Waals surface area contributed by atoms with Gasteiger partial charge in [0.1, 0.15) is 9.50 Å². The normalized spacial score (nSPS) is 11.2. The molecule has 0 spiro atoms. The summed E-state index contributed by atoms with van der Waals surface area (Å²) >= 11 is 8.98. The molecule has 0 unspecified atom stereocenters. The van der Waals surface area contributed by atoms with Crippen LogP contribution in [0.15, 0.2) is 46.3 Å². The third-order valence-electron chi connectivity index (χ3n) is 2.03. The monoisotopic (exact) mass is 347 g/mol. The van der Waals surface area contributed by atoms with Gasteiger partial charge in [0.05, 0.1) is 10.7 Å². The topological polar surface area (TPSA) is 72.0 Å². The van der Waals surface area contributed by atoms with Crippen molar-refractivity contribution >= 4 is 43.2 Å². The zero-order chi connectivity index (χ0) is 13.2. The molecule has 94 valence electrons. The number of rotatable bonds is 3. The Bertz CT molecular complexity index is 678. The summed E-state index contributed by atoms with van der Waals surface area (Å²) in [5.41, 5.74) is 0.331. The van der Waals surface area contributed by atoms with E-state index in [1.54, 1.807) is 18.3 Å². The van der Waals surface area contributed by atoms with Gasteiger partial charge in [-0.15, -0.1) is 0 Å². The van der Waals surface area contributed by atoms with E-state index in [2.05, 4.69) is 30.6 Å². The van der Waals surface area contributed by atoms with Gasteiger partial charge in [0, 0.05) is 18.6 Å². The lowest BCUT2D eigenvalue weighted by molar-refractivity contribution is 0.601. The summed E-state index contributed by atoms with van der Waals surface area (Å²) in [5, 5.41) is 0.109. The molecule has 0 saturated heterocycles. The minimum atomic E-state index is -3.78. The number of hydrogen-bond acceptors (Lipinski definition) is 4. The molecule has 0 aliphatic carbocycles. The van der Waals surface area contributed by atoms with Gasteiger partial charge in [0.2, 0.25) is 0 Å². The van der Waals surface area contributed by atoms with Gasteiger partial charge in [0.15, 0.2) is 0 Å². The van der Waals surface area contributed by atoms with E-state index in [1.807, 2.05) is 0 Å². The highest BCUT2D eigenvalue weighted by molar-refractivity contribution is 9.10. The van der Waals surface area contributed by atoms with Crippen molar-refractivity contribution < 1.29 is 8.42 Å². The molecule has 1 N–H and O–H groups in total. The largest absolute Gasteiger partial charge is 0.277 e. The second kappa shape index (κ2) is 5.21. The molecule has 0 aliphatic heterocycles. The number of anilines is 1. The van der Waals surface area contributed by atoms with Crippen LogP contribution in [-0.4, -0.2) is 18.4 Å². The summed E-state index contributed by atoms with van der Waals surface area (Å²) in [6.45, 7) is 0. The number of sulfonamides is 1. The van der Waals surface area contributed by atoms with Crippen LogP contribution in [0.25, 0.3) is 0 Å². The third-order valence-corrected chi connectivity index (χ3v) is 4.49. The van der Waals surface area contributed by atoms with E-state index < -0.39 is 10.0 Å². The van der Waals surface area contributed by atoms with E-state index in [0.717, 1.165) is 0 Å². The van der Waals surface area contributed by atoms with E-state index >= 15 is 0 Å². The van der Waals surface area contributed by atoms with Gasteiger partial charge in [-0.1, -0.05) is 11.6 Å². The van der Waals surface area contributed by atoms with E-state index in [9.17, 15) is 8.42 Å².